The molecule has 0 fully saturated rings. The van der Waals surface area contributed by atoms with Crippen LogP contribution < -0.4 is 5.73 Å². The van der Waals surface area contributed by atoms with Gasteiger partial charge in [0.2, 0.25) is 0 Å². The van der Waals surface area contributed by atoms with Crippen LogP contribution in [0, 0.1) is 0 Å². The minimum atomic E-state index is -1.45. The first-order chi connectivity index (χ1) is 7.09. The van der Waals surface area contributed by atoms with Gasteiger partial charge in [0.05, 0.1) is 0 Å². The Balaban J connectivity index is 2.67. The third-order valence-corrected chi connectivity index (χ3v) is 3.00. The van der Waals surface area contributed by atoms with Crippen LogP contribution >= 0.6 is 11.3 Å². The number of anilines is 1. The van der Waals surface area contributed by atoms with Gasteiger partial charge in [-0.1, -0.05) is 0 Å². The smallest absolute Gasteiger partial charge is 0.377 e. The molecule has 15 heavy (non-hydrogen) atoms. The average molecular weight is 221 g/mol. The van der Waals surface area contributed by atoms with Crippen LogP contribution in [0.5, 0.6) is 0 Å². The highest BCUT2D eigenvalue weighted by Crippen LogP contribution is 2.28. The maximum Gasteiger partial charge on any atom is 0.377 e. The topological polar surface area (TPSA) is 80.4 Å². The summed E-state index contributed by atoms with van der Waals surface area (Å²) in [6, 6.07) is 5.10. The highest BCUT2D eigenvalue weighted by Gasteiger charge is 2.18. The van der Waals surface area contributed by atoms with Crippen LogP contribution in [0.4, 0.5) is 5.69 Å². The number of fused-ring (bicyclic) bond motifs is 1. The van der Waals surface area contributed by atoms with E-state index in [0.717, 1.165) is 4.70 Å². The number of hydrogen-bond acceptors (Lipinski definition) is 4. The van der Waals surface area contributed by atoms with Gasteiger partial charge in [-0.2, -0.15) is 0 Å². The third kappa shape index (κ3) is 1.57. The fourth-order valence-corrected chi connectivity index (χ4v) is 2.26. The summed E-state index contributed by atoms with van der Waals surface area (Å²) < 4.78 is 0.855. The Morgan fingerprint density at radius 1 is 1.33 bits per heavy atom. The molecule has 5 heteroatoms. The SMILES string of the molecule is Nc1ccc2scc(C(=O)C(=O)O)c2c1. The Morgan fingerprint density at radius 3 is 2.73 bits per heavy atom. The first-order valence-corrected chi connectivity index (χ1v) is 5.02. The number of benzene rings is 1. The van der Waals surface area contributed by atoms with E-state index in [1.54, 1.807) is 23.6 Å². The van der Waals surface area contributed by atoms with Crippen molar-refractivity contribution in [2.24, 2.45) is 0 Å². The molecule has 2 aromatic rings. The van der Waals surface area contributed by atoms with Gasteiger partial charge in [-0.15, -0.1) is 11.3 Å². The highest BCUT2D eigenvalue weighted by atomic mass is 32.1. The fraction of sp³-hybridized carbons (Fsp3) is 0. The van der Waals surface area contributed by atoms with Gasteiger partial charge in [0.1, 0.15) is 0 Å². The predicted octanol–water partition coefficient (Wildman–Crippen LogP) is 1.75. The quantitative estimate of drug-likeness (QED) is 0.460. The summed E-state index contributed by atoms with van der Waals surface area (Å²) in [5.41, 5.74) is 6.29. The molecule has 0 saturated carbocycles. The second-order valence-electron chi connectivity index (χ2n) is 3.04. The van der Waals surface area contributed by atoms with Gasteiger partial charge in [-0.3, -0.25) is 4.79 Å². The van der Waals surface area contributed by atoms with Crippen molar-refractivity contribution in [2.45, 2.75) is 0 Å². The highest BCUT2D eigenvalue weighted by molar-refractivity contribution is 7.17. The van der Waals surface area contributed by atoms with Gasteiger partial charge in [0.25, 0.3) is 5.78 Å². The van der Waals surface area contributed by atoms with Crippen LogP contribution in [-0.2, 0) is 4.79 Å². The number of aliphatic carboxylic acids is 1. The van der Waals surface area contributed by atoms with Crippen LogP contribution in [-0.4, -0.2) is 16.9 Å². The molecule has 4 nitrogen and oxygen atoms in total. The molecule has 1 aromatic carbocycles. The van der Waals surface area contributed by atoms with E-state index < -0.39 is 11.8 Å². The first kappa shape index (κ1) is 9.67. The molecule has 0 amide bonds. The van der Waals surface area contributed by atoms with Gasteiger partial charge >= 0.3 is 5.97 Å². The summed E-state index contributed by atoms with van der Waals surface area (Å²) in [6.07, 6.45) is 0. The number of carbonyl (C=O) groups excluding carboxylic acids is 1. The lowest BCUT2D eigenvalue weighted by Crippen LogP contribution is -2.11. The zero-order valence-corrected chi connectivity index (χ0v) is 8.38. The molecule has 0 radical (unpaired) electrons. The molecule has 0 aliphatic heterocycles. The minimum absolute atomic E-state index is 0.204. The van der Waals surface area contributed by atoms with E-state index in [1.807, 2.05) is 0 Å². The zero-order chi connectivity index (χ0) is 11.0. The second kappa shape index (κ2) is 3.36. The molecule has 1 aromatic heterocycles. The first-order valence-electron chi connectivity index (χ1n) is 4.14. The molecule has 0 atom stereocenters. The predicted molar refractivity (Wildman–Crippen MR) is 58.2 cm³/mol. The van der Waals surface area contributed by atoms with E-state index in [-0.39, 0.29) is 5.56 Å². The maximum atomic E-state index is 11.3. The summed E-state index contributed by atoms with van der Waals surface area (Å²) in [4.78, 5) is 21.8. The van der Waals surface area contributed by atoms with Gasteiger partial charge < -0.3 is 10.8 Å². The largest absolute Gasteiger partial charge is 0.475 e. The summed E-state index contributed by atoms with van der Waals surface area (Å²) in [7, 11) is 0. The number of carboxylic acids is 1. The van der Waals surface area contributed by atoms with Crippen molar-refractivity contribution < 1.29 is 14.7 Å². The molecule has 0 spiro atoms. The molecule has 2 rings (SSSR count). The number of carbonyl (C=O) groups is 2. The molecule has 0 unspecified atom stereocenters. The monoisotopic (exact) mass is 221 g/mol. The molecule has 3 N–H and O–H groups in total. The van der Waals surface area contributed by atoms with Crippen LogP contribution in [0.3, 0.4) is 0 Å². The third-order valence-electron chi connectivity index (χ3n) is 2.04. The summed E-state index contributed by atoms with van der Waals surface area (Å²) in [5, 5.41) is 10.8. The van der Waals surface area contributed by atoms with Crippen molar-refractivity contribution >= 4 is 38.9 Å². The van der Waals surface area contributed by atoms with Crippen LogP contribution in [0.1, 0.15) is 10.4 Å². The van der Waals surface area contributed by atoms with Gasteiger partial charge in [-0.05, 0) is 18.2 Å². The molecule has 76 valence electrons. The Kier molecular flexibility index (Phi) is 2.17. The Labute approximate surface area is 88.9 Å². The van der Waals surface area contributed by atoms with Gasteiger partial charge in [0, 0.05) is 26.7 Å². The molecule has 0 bridgehead atoms. The van der Waals surface area contributed by atoms with Crippen LogP contribution in [0.25, 0.3) is 10.1 Å². The van der Waals surface area contributed by atoms with E-state index in [2.05, 4.69) is 0 Å². The fourth-order valence-electron chi connectivity index (χ4n) is 1.34. The van der Waals surface area contributed by atoms with Crippen molar-refractivity contribution in [1.82, 2.24) is 0 Å². The van der Waals surface area contributed by atoms with Crippen molar-refractivity contribution in [2.75, 3.05) is 5.73 Å². The summed E-state index contributed by atoms with van der Waals surface area (Å²) >= 11 is 1.33. The molecule has 0 aliphatic rings. The number of ketones is 1. The van der Waals surface area contributed by atoms with Gasteiger partial charge in [-0.25, -0.2) is 4.79 Å². The second-order valence-corrected chi connectivity index (χ2v) is 3.95. The molecule has 1 heterocycles. The van der Waals surface area contributed by atoms with E-state index in [1.165, 1.54) is 11.3 Å². The van der Waals surface area contributed by atoms with E-state index >= 15 is 0 Å². The number of nitrogen functional groups attached to an aromatic ring is 1. The molecular formula is C10H7NO3S. The van der Waals surface area contributed by atoms with Crippen molar-refractivity contribution in [3.63, 3.8) is 0 Å². The van der Waals surface area contributed by atoms with Crippen molar-refractivity contribution in [1.29, 1.82) is 0 Å². The Hall–Kier alpha value is -1.88. The zero-order valence-electron chi connectivity index (χ0n) is 7.56. The Morgan fingerprint density at radius 2 is 2.07 bits per heavy atom. The molecular weight excluding hydrogens is 214 g/mol. The van der Waals surface area contributed by atoms with Crippen molar-refractivity contribution in [3.05, 3.63) is 29.1 Å². The van der Waals surface area contributed by atoms with Crippen molar-refractivity contribution in [3.8, 4) is 0 Å². The minimum Gasteiger partial charge on any atom is -0.475 e. The summed E-state index contributed by atoms with van der Waals surface area (Å²) in [6.45, 7) is 0. The van der Waals surface area contributed by atoms with Gasteiger partial charge in [0.15, 0.2) is 0 Å². The molecule has 0 saturated heterocycles. The lowest BCUT2D eigenvalue weighted by Gasteiger charge is -1.95. The number of hydrogen-bond donors (Lipinski definition) is 2. The average Bonchev–Trinajstić information content (AvgIpc) is 2.59. The van der Waals surface area contributed by atoms with E-state index in [4.69, 9.17) is 10.8 Å². The number of rotatable bonds is 2. The Bertz CT molecular complexity index is 559. The number of Topliss-reactive ketones (excluding diaryl/α,β-unsaturated/α-hetero) is 1. The lowest BCUT2D eigenvalue weighted by atomic mass is 10.1. The maximum absolute atomic E-state index is 11.3. The molecule has 0 aliphatic carbocycles. The van der Waals surface area contributed by atoms with E-state index in [9.17, 15) is 9.59 Å². The number of nitrogens with two attached hydrogens (primary N) is 1. The normalized spacial score (nSPS) is 10.4. The lowest BCUT2D eigenvalue weighted by molar-refractivity contribution is -0.131. The summed E-state index contributed by atoms with van der Waals surface area (Å²) in [5.74, 6) is -2.34. The van der Waals surface area contributed by atoms with Crippen LogP contribution in [0.2, 0.25) is 0 Å². The number of carboxylic acid groups (broad SMARTS) is 1. The standard InChI is InChI=1S/C10H7NO3S/c11-5-1-2-8-6(3-5)7(4-15-8)9(12)10(13)14/h1-4H,11H2,(H,13,14). The van der Waals surface area contributed by atoms with Crippen LogP contribution in [0.15, 0.2) is 23.6 Å². The van der Waals surface area contributed by atoms with E-state index in [0.29, 0.717) is 11.1 Å². The number of thiophene rings is 1.